The number of carbonyl (C=O) groups is 1. The van der Waals surface area contributed by atoms with Crippen LogP contribution in [0.3, 0.4) is 0 Å². The van der Waals surface area contributed by atoms with Crippen LogP contribution in [0.5, 0.6) is 0 Å². The molecule has 0 saturated heterocycles. The predicted molar refractivity (Wildman–Crippen MR) is 84.6 cm³/mol. The second-order valence-electron chi connectivity index (χ2n) is 4.98. The highest BCUT2D eigenvalue weighted by Gasteiger charge is 2.40. The number of hydrogen-bond acceptors (Lipinski definition) is 3. The highest BCUT2D eigenvalue weighted by molar-refractivity contribution is 7.09. The first-order valence-electron chi connectivity index (χ1n) is 7.02. The van der Waals surface area contributed by atoms with Crippen LogP contribution in [0.2, 0.25) is 0 Å². The average molecular weight is 351 g/mol. The van der Waals surface area contributed by atoms with Crippen molar-refractivity contribution in [3.05, 3.63) is 70.1 Å². The first-order valence-corrected chi connectivity index (χ1v) is 7.90. The molecule has 0 aliphatic rings. The highest BCUT2D eigenvalue weighted by atomic mass is 32.1. The lowest BCUT2D eigenvalue weighted by Crippen LogP contribution is -2.24. The number of halogens is 3. The lowest BCUT2D eigenvalue weighted by atomic mass is 10.1. The van der Waals surface area contributed by atoms with Crippen molar-refractivity contribution < 1.29 is 22.4 Å². The molecule has 3 nitrogen and oxygen atoms in total. The number of hydrogen-bond donors (Lipinski definition) is 1. The molecule has 0 atom stereocenters. The zero-order chi connectivity index (χ0) is 17.2. The van der Waals surface area contributed by atoms with Gasteiger partial charge in [-0.1, -0.05) is 36.4 Å². The molecular weight excluding hydrogens is 339 g/mol. The van der Waals surface area contributed by atoms with E-state index in [1.54, 1.807) is 42.5 Å². The monoisotopic (exact) mass is 351 g/mol. The number of nitrogens with one attached hydrogen (secondary N) is 1. The van der Waals surface area contributed by atoms with Crippen molar-refractivity contribution in [3.8, 4) is 11.3 Å². The van der Waals surface area contributed by atoms with Crippen molar-refractivity contribution in [1.82, 2.24) is 5.32 Å². The number of furan rings is 1. The summed E-state index contributed by atoms with van der Waals surface area (Å²) in [5.41, 5.74) is -0.0433. The van der Waals surface area contributed by atoms with E-state index < -0.39 is 23.4 Å². The number of amides is 1. The number of alkyl halides is 3. The molecule has 3 rings (SSSR count). The molecule has 2 heterocycles. The van der Waals surface area contributed by atoms with E-state index in [1.807, 2.05) is 5.38 Å². The molecular formula is C17H12F3NO2S. The van der Waals surface area contributed by atoms with Crippen molar-refractivity contribution in [2.75, 3.05) is 0 Å². The molecule has 7 heteroatoms. The number of thiophene rings is 1. The van der Waals surface area contributed by atoms with E-state index in [-0.39, 0.29) is 12.3 Å². The Morgan fingerprint density at radius 2 is 1.88 bits per heavy atom. The fraction of sp³-hybridized carbons (Fsp3) is 0.118. The predicted octanol–water partition coefficient (Wildman–Crippen LogP) is 4.96. The van der Waals surface area contributed by atoms with E-state index in [1.165, 1.54) is 11.3 Å². The van der Waals surface area contributed by atoms with E-state index in [0.29, 0.717) is 5.56 Å². The Hall–Kier alpha value is -2.54. The molecule has 0 radical (unpaired) electrons. The molecule has 1 aromatic carbocycles. The van der Waals surface area contributed by atoms with Gasteiger partial charge in [0.1, 0.15) is 5.76 Å². The summed E-state index contributed by atoms with van der Waals surface area (Å²) in [4.78, 5) is 13.0. The lowest BCUT2D eigenvalue weighted by molar-refractivity contribution is -0.153. The summed E-state index contributed by atoms with van der Waals surface area (Å²) < 4.78 is 44.5. The Labute approximate surface area is 139 Å². The maximum atomic E-state index is 13.2. The summed E-state index contributed by atoms with van der Waals surface area (Å²) in [6, 6.07) is 13.1. The molecule has 2 aromatic heterocycles. The van der Waals surface area contributed by atoms with Gasteiger partial charge < -0.3 is 9.73 Å². The van der Waals surface area contributed by atoms with Crippen LogP contribution in [0.1, 0.15) is 21.0 Å². The van der Waals surface area contributed by atoms with E-state index in [0.717, 1.165) is 10.9 Å². The number of benzene rings is 1. The number of carbonyl (C=O) groups excluding carboxylic acids is 1. The van der Waals surface area contributed by atoms with Crippen LogP contribution in [-0.4, -0.2) is 5.91 Å². The first kappa shape index (κ1) is 16.3. The van der Waals surface area contributed by atoms with E-state index in [9.17, 15) is 18.0 Å². The minimum absolute atomic E-state index is 0.00389. The fourth-order valence-electron chi connectivity index (χ4n) is 2.19. The molecule has 0 aliphatic carbocycles. The van der Waals surface area contributed by atoms with Gasteiger partial charge in [-0.25, -0.2) is 0 Å². The number of rotatable bonds is 4. The molecule has 124 valence electrons. The van der Waals surface area contributed by atoms with Gasteiger partial charge >= 0.3 is 6.18 Å². The van der Waals surface area contributed by atoms with Crippen molar-refractivity contribution >= 4 is 17.2 Å². The summed E-state index contributed by atoms with van der Waals surface area (Å²) in [5, 5.41) is 4.32. The Morgan fingerprint density at radius 3 is 2.50 bits per heavy atom. The summed E-state index contributed by atoms with van der Waals surface area (Å²) in [6.07, 6.45) is -4.75. The van der Waals surface area contributed by atoms with Crippen molar-refractivity contribution in [2.24, 2.45) is 0 Å². The molecule has 3 aromatic rings. The van der Waals surface area contributed by atoms with Gasteiger partial charge in [0, 0.05) is 10.4 Å². The van der Waals surface area contributed by atoms with Crippen molar-refractivity contribution in [2.45, 2.75) is 12.7 Å². The van der Waals surface area contributed by atoms with Gasteiger partial charge in [0.25, 0.3) is 5.91 Å². The van der Waals surface area contributed by atoms with E-state index in [4.69, 9.17) is 4.42 Å². The Kier molecular flexibility index (Phi) is 4.44. The quantitative estimate of drug-likeness (QED) is 0.722. The molecule has 0 bridgehead atoms. The van der Waals surface area contributed by atoms with Crippen LogP contribution in [0.25, 0.3) is 11.3 Å². The third-order valence-electron chi connectivity index (χ3n) is 3.30. The largest absolute Gasteiger partial charge is 0.451 e. The van der Waals surface area contributed by atoms with Crippen molar-refractivity contribution in [3.63, 3.8) is 0 Å². The maximum Gasteiger partial charge on any atom is 0.450 e. The van der Waals surface area contributed by atoms with Gasteiger partial charge in [-0.2, -0.15) is 13.2 Å². The van der Waals surface area contributed by atoms with E-state index in [2.05, 4.69) is 5.32 Å². The summed E-state index contributed by atoms with van der Waals surface area (Å²) >= 11 is 1.41. The molecule has 1 N–H and O–H groups in total. The SMILES string of the molecule is O=C(NCc1cccs1)c1cc(-c2ccccc2)oc1C(F)(F)F. The third-order valence-corrected chi connectivity index (χ3v) is 4.17. The molecule has 0 saturated carbocycles. The van der Waals surface area contributed by atoms with Crippen LogP contribution in [-0.2, 0) is 12.7 Å². The van der Waals surface area contributed by atoms with Crippen LogP contribution in [0, 0.1) is 0 Å². The van der Waals surface area contributed by atoms with Crippen LogP contribution >= 0.6 is 11.3 Å². The Morgan fingerprint density at radius 1 is 1.12 bits per heavy atom. The van der Waals surface area contributed by atoms with Gasteiger partial charge in [0.05, 0.1) is 12.1 Å². The van der Waals surface area contributed by atoms with Crippen LogP contribution in [0.4, 0.5) is 13.2 Å². The van der Waals surface area contributed by atoms with Crippen LogP contribution < -0.4 is 5.32 Å². The molecule has 0 fully saturated rings. The second kappa shape index (κ2) is 6.52. The van der Waals surface area contributed by atoms with Crippen molar-refractivity contribution in [1.29, 1.82) is 0 Å². The second-order valence-corrected chi connectivity index (χ2v) is 6.01. The smallest absolute Gasteiger partial charge is 0.450 e. The summed E-state index contributed by atoms with van der Waals surface area (Å²) in [5.74, 6) is -2.10. The highest BCUT2D eigenvalue weighted by Crippen LogP contribution is 2.37. The van der Waals surface area contributed by atoms with Gasteiger partial charge in [0.2, 0.25) is 5.76 Å². The molecule has 1 amide bonds. The Balaban J connectivity index is 1.90. The van der Waals surface area contributed by atoms with Gasteiger partial charge in [-0.3, -0.25) is 4.79 Å². The van der Waals surface area contributed by atoms with Crippen LogP contribution in [0.15, 0.2) is 58.3 Å². The maximum absolute atomic E-state index is 13.2. The first-order chi connectivity index (χ1) is 11.4. The minimum atomic E-state index is -4.75. The Bertz CT molecular complexity index is 823. The molecule has 0 unspecified atom stereocenters. The summed E-state index contributed by atoms with van der Waals surface area (Å²) in [6.45, 7) is 0.166. The minimum Gasteiger partial charge on any atom is -0.451 e. The van der Waals surface area contributed by atoms with E-state index >= 15 is 0 Å². The lowest BCUT2D eigenvalue weighted by Gasteiger charge is -2.06. The normalized spacial score (nSPS) is 11.5. The average Bonchev–Trinajstić information content (AvgIpc) is 3.22. The van der Waals surface area contributed by atoms with Gasteiger partial charge in [0.15, 0.2) is 0 Å². The standard InChI is InChI=1S/C17H12F3NO2S/c18-17(19,20)15-13(16(22)21-10-12-7-4-8-24-12)9-14(23-15)11-5-2-1-3-6-11/h1-9H,10H2,(H,21,22). The third kappa shape index (κ3) is 3.51. The van der Waals surface area contributed by atoms with Gasteiger partial charge in [-0.15, -0.1) is 11.3 Å². The zero-order valence-electron chi connectivity index (χ0n) is 12.3. The molecule has 0 aliphatic heterocycles. The van der Waals surface area contributed by atoms with Gasteiger partial charge in [-0.05, 0) is 17.5 Å². The zero-order valence-corrected chi connectivity index (χ0v) is 13.1. The molecule has 0 spiro atoms. The fourth-order valence-corrected chi connectivity index (χ4v) is 2.84. The summed E-state index contributed by atoms with van der Waals surface area (Å²) in [7, 11) is 0. The molecule has 24 heavy (non-hydrogen) atoms. The topological polar surface area (TPSA) is 42.2 Å².